The standard InChI is InChI=1S/C18H18NO3.Y/c1-12-7-9-13(10-8-12)22-16-6-4-3-5-14(16)17-15(20)11-19(2)18(17)21;/h4-10,15,17,20H,11H2,1-2H3;/q-1;. The summed E-state index contributed by atoms with van der Waals surface area (Å²) in [5.74, 6) is 0.588. The van der Waals surface area contributed by atoms with Crippen LogP contribution in [0.5, 0.6) is 11.5 Å². The van der Waals surface area contributed by atoms with Gasteiger partial charge in [0.15, 0.2) is 0 Å². The number of amides is 1. The van der Waals surface area contributed by atoms with Crippen molar-refractivity contribution < 1.29 is 47.3 Å². The molecule has 2 atom stereocenters. The number of aliphatic hydroxyl groups excluding tert-OH is 1. The van der Waals surface area contributed by atoms with Gasteiger partial charge in [-0.15, -0.1) is 6.07 Å². The first-order valence-electron chi connectivity index (χ1n) is 7.24. The normalized spacial score (nSPS) is 20.3. The Morgan fingerprint density at radius 3 is 2.57 bits per heavy atom. The molecule has 3 rings (SSSR count). The van der Waals surface area contributed by atoms with Crippen molar-refractivity contribution in [3.63, 3.8) is 0 Å². The van der Waals surface area contributed by atoms with Gasteiger partial charge < -0.3 is 14.7 Å². The molecular formula is C18H18NO3Y-. The van der Waals surface area contributed by atoms with Crippen molar-refractivity contribution in [1.82, 2.24) is 4.90 Å². The Labute approximate surface area is 161 Å². The molecule has 1 aliphatic rings. The first-order chi connectivity index (χ1) is 10.6. The van der Waals surface area contributed by atoms with E-state index in [1.807, 2.05) is 31.2 Å². The van der Waals surface area contributed by atoms with Gasteiger partial charge in [-0.3, -0.25) is 4.79 Å². The van der Waals surface area contributed by atoms with Crippen LogP contribution in [0.2, 0.25) is 0 Å². The van der Waals surface area contributed by atoms with Crippen molar-refractivity contribution in [2.24, 2.45) is 0 Å². The molecule has 117 valence electrons. The Hall–Kier alpha value is -1.23. The van der Waals surface area contributed by atoms with E-state index >= 15 is 0 Å². The molecule has 1 N–H and O–H groups in total. The predicted octanol–water partition coefficient (Wildman–Crippen LogP) is 2.50. The molecule has 23 heavy (non-hydrogen) atoms. The second-order valence-electron chi connectivity index (χ2n) is 5.64. The van der Waals surface area contributed by atoms with Gasteiger partial charge in [-0.25, -0.2) is 0 Å². The molecule has 1 radical (unpaired) electrons. The summed E-state index contributed by atoms with van der Waals surface area (Å²) in [6.07, 6.45) is -0.728. The average Bonchev–Trinajstić information content (AvgIpc) is 2.75. The molecule has 0 saturated carbocycles. The van der Waals surface area contributed by atoms with Crippen LogP contribution in [0, 0.1) is 13.0 Å². The molecule has 1 heterocycles. The number of rotatable bonds is 3. The SMILES string of the molecule is Cc1ccc(Oc2cc[c-]cc2C2C(=O)N(C)CC2O)cc1.[Y]. The first kappa shape index (κ1) is 18.1. The summed E-state index contributed by atoms with van der Waals surface area (Å²) in [7, 11) is 1.69. The number of hydrogen-bond acceptors (Lipinski definition) is 3. The van der Waals surface area contributed by atoms with Crippen LogP contribution in [0.4, 0.5) is 0 Å². The van der Waals surface area contributed by atoms with Crippen molar-refractivity contribution in [3.05, 3.63) is 59.7 Å². The van der Waals surface area contributed by atoms with Crippen LogP contribution in [-0.4, -0.2) is 35.6 Å². The van der Waals surface area contributed by atoms with Gasteiger partial charge in [0.05, 0.1) is 6.10 Å². The largest absolute Gasteiger partial charge is 0.483 e. The van der Waals surface area contributed by atoms with E-state index in [2.05, 4.69) is 6.07 Å². The van der Waals surface area contributed by atoms with E-state index in [0.717, 1.165) is 5.56 Å². The second-order valence-corrected chi connectivity index (χ2v) is 5.64. The summed E-state index contributed by atoms with van der Waals surface area (Å²) in [5.41, 5.74) is 1.82. The third kappa shape index (κ3) is 3.82. The smallest absolute Gasteiger partial charge is 0.221 e. The second kappa shape index (κ2) is 7.56. The van der Waals surface area contributed by atoms with E-state index in [9.17, 15) is 9.90 Å². The van der Waals surface area contributed by atoms with Gasteiger partial charge in [-0.2, -0.15) is 18.2 Å². The minimum absolute atomic E-state index is 0. The summed E-state index contributed by atoms with van der Waals surface area (Å²) in [6, 6.07) is 15.9. The van der Waals surface area contributed by atoms with Crippen LogP contribution in [0.1, 0.15) is 17.0 Å². The first-order valence-corrected chi connectivity index (χ1v) is 7.24. The maximum Gasteiger partial charge on any atom is 0.221 e. The summed E-state index contributed by atoms with van der Waals surface area (Å²) in [5, 5.41) is 10.2. The van der Waals surface area contributed by atoms with Gasteiger partial charge in [0.25, 0.3) is 0 Å². The number of likely N-dealkylation sites (tertiary alicyclic amines) is 1. The molecule has 5 heteroatoms. The topological polar surface area (TPSA) is 49.8 Å². The number of carbonyl (C=O) groups excluding carboxylic acids is 1. The maximum absolute atomic E-state index is 12.3. The zero-order chi connectivity index (χ0) is 15.7. The molecule has 0 aromatic heterocycles. The molecule has 0 spiro atoms. The van der Waals surface area contributed by atoms with Gasteiger partial charge >= 0.3 is 0 Å². The van der Waals surface area contributed by atoms with Crippen molar-refractivity contribution in [1.29, 1.82) is 0 Å². The Bertz CT molecular complexity index is 687. The number of hydrogen-bond donors (Lipinski definition) is 1. The summed E-state index contributed by atoms with van der Waals surface area (Å²) < 4.78 is 5.91. The van der Waals surface area contributed by atoms with Crippen molar-refractivity contribution in [2.45, 2.75) is 18.9 Å². The van der Waals surface area contributed by atoms with Crippen LogP contribution >= 0.6 is 0 Å². The average molecular weight is 385 g/mol. The van der Waals surface area contributed by atoms with Gasteiger partial charge in [0, 0.05) is 58.0 Å². The number of aryl methyl sites for hydroxylation is 1. The number of ether oxygens (including phenoxy) is 1. The van der Waals surface area contributed by atoms with Gasteiger partial charge in [-0.05, 0) is 19.1 Å². The molecule has 2 unspecified atom stereocenters. The molecule has 2 aromatic carbocycles. The van der Waals surface area contributed by atoms with E-state index in [0.29, 0.717) is 23.6 Å². The Morgan fingerprint density at radius 1 is 1.26 bits per heavy atom. The zero-order valence-corrected chi connectivity index (χ0v) is 16.0. The van der Waals surface area contributed by atoms with Crippen LogP contribution in [0.25, 0.3) is 0 Å². The van der Waals surface area contributed by atoms with Crippen molar-refractivity contribution in [3.8, 4) is 11.5 Å². The molecule has 1 aliphatic heterocycles. The molecular weight excluding hydrogens is 367 g/mol. The quantitative estimate of drug-likeness (QED) is 0.827. The molecule has 0 bridgehead atoms. The van der Waals surface area contributed by atoms with Gasteiger partial charge in [0.2, 0.25) is 5.91 Å². The Morgan fingerprint density at radius 2 is 1.96 bits per heavy atom. The van der Waals surface area contributed by atoms with Crippen molar-refractivity contribution >= 4 is 5.91 Å². The van der Waals surface area contributed by atoms with E-state index in [1.165, 1.54) is 4.90 Å². The van der Waals surface area contributed by atoms with Gasteiger partial charge in [-0.1, -0.05) is 23.3 Å². The number of aliphatic hydroxyl groups is 1. The zero-order valence-electron chi connectivity index (χ0n) is 13.2. The molecule has 0 aliphatic carbocycles. The van der Waals surface area contributed by atoms with Crippen LogP contribution in [0.15, 0.2) is 42.5 Å². The van der Waals surface area contributed by atoms with E-state index in [1.54, 1.807) is 25.2 Å². The van der Waals surface area contributed by atoms with E-state index in [-0.39, 0.29) is 38.6 Å². The predicted molar refractivity (Wildman–Crippen MR) is 82.9 cm³/mol. The molecule has 1 saturated heterocycles. The molecule has 1 amide bonds. The summed E-state index contributed by atoms with van der Waals surface area (Å²) >= 11 is 0. The van der Waals surface area contributed by atoms with Crippen LogP contribution in [0.3, 0.4) is 0 Å². The third-order valence-corrected chi connectivity index (χ3v) is 3.93. The molecule has 1 fully saturated rings. The molecule has 2 aromatic rings. The number of β-amino-alcohol motifs (C(OH)–C–C–N with tert-alkyl or cyclic N) is 1. The number of likely N-dealkylation sites (N-methyl/N-ethyl adjacent to an activating group) is 1. The monoisotopic (exact) mass is 385 g/mol. The third-order valence-electron chi connectivity index (χ3n) is 3.93. The minimum atomic E-state index is -0.728. The maximum atomic E-state index is 12.3. The fraction of sp³-hybridized carbons (Fsp3) is 0.278. The fourth-order valence-electron chi connectivity index (χ4n) is 2.72. The number of carbonyl (C=O) groups is 1. The van der Waals surface area contributed by atoms with Crippen LogP contribution in [-0.2, 0) is 37.5 Å². The summed E-state index contributed by atoms with van der Waals surface area (Å²) in [4.78, 5) is 13.8. The minimum Gasteiger partial charge on any atom is -0.483 e. The molecule has 4 nitrogen and oxygen atoms in total. The van der Waals surface area contributed by atoms with E-state index in [4.69, 9.17) is 4.74 Å². The number of benzene rings is 2. The van der Waals surface area contributed by atoms with Crippen molar-refractivity contribution in [2.75, 3.05) is 13.6 Å². The van der Waals surface area contributed by atoms with E-state index < -0.39 is 12.0 Å². The number of nitrogens with zero attached hydrogens (tertiary/aromatic N) is 1. The fourth-order valence-corrected chi connectivity index (χ4v) is 2.72. The Balaban J connectivity index is 0.00000192. The van der Waals surface area contributed by atoms with Gasteiger partial charge in [0.1, 0.15) is 5.75 Å². The van der Waals surface area contributed by atoms with Crippen LogP contribution < -0.4 is 4.74 Å². The summed E-state index contributed by atoms with van der Waals surface area (Å²) in [6.45, 7) is 2.35. The Kier molecular flexibility index (Phi) is 5.96.